The minimum absolute atomic E-state index is 0.480. The number of benzene rings is 2. The van der Waals surface area contributed by atoms with Crippen molar-refractivity contribution in [1.82, 2.24) is 0 Å². The molecular weight excluding hydrogens is 342 g/mol. The molecule has 0 fully saturated rings. The smallest absolute Gasteiger partial charge is 0.328 e. The summed E-state index contributed by atoms with van der Waals surface area (Å²) in [4.78, 5) is 12.9. The van der Waals surface area contributed by atoms with E-state index in [2.05, 4.69) is 15.1 Å². The van der Waals surface area contributed by atoms with E-state index in [0.717, 1.165) is 41.4 Å². The van der Waals surface area contributed by atoms with Crippen molar-refractivity contribution >= 4 is 24.1 Å². The third kappa shape index (κ3) is 6.66. The van der Waals surface area contributed by atoms with E-state index in [9.17, 15) is 4.79 Å². The van der Waals surface area contributed by atoms with Gasteiger partial charge in [0.1, 0.15) is 0 Å². The van der Waals surface area contributed by atoms with Gasteiger partial charge in [0.05, 0.1) is 12.4 Å². The molecular formula is C20H23N5O2. The Morgan fingerprint density at radius 3 is 2.41 bits per heavy atom. The minimum Gasteiger partial charge on any atom is -0.478 e. The summed E-state index contributed by atoms with van der Waals surface area (Å²) in [5.74, 6) is 9.43. The predicted molar refractivity (Wildman–Crippen MR) is 109 cm³/mol. The molecule has 7 heteroatoms. The molecule has 2 aromatic carbocycles. The largest absolute Gasteiger partial charge is 0.478 e. The summed E-state index contributed by atoms with van der Waals surface area (Å²) in [7, 11) is 0. The van der Waals surface area contributed by atoms with Crippen molar-refractivity contribution < 1.29 is 9.90 Å². The molecule has 0 heterocycles. The van der Waals surface area contributed by atoms with Crippen molar-refractivity contribution in [2.75, 3.05) is 18.0 Å². The van der Waals surface area contributed by atoms with Gasteiger partial charge in [0.2, 0.25) is 0 Å². The molecule has 0 saturated carbocycles. The Balaban J connectivity index is 2.14. The molecule has 0 aromatic heterocycles. The van der Waals surface area contributed by atoms with Crippen LogP contribution < -0.4 is 16.6 Å². The second-order valence-electron chi connectivity index (χ2n) is 5.83. The zero-order chi connectivity index (χ0) is 19.5. The van der Waals surface area contributed by atoms with Crippen molar-refractivity contribution in [1.29, 1.82) is 0 Å². The van der Waals surface area contributed by atoms with Crippen LogP contribution in [-0.4, -0.2) is 36.6 Å². The molecule has 27 heavy (non-hydrogen) atoms. The van der Waals surface area contributed by atoms with Crippen LogP contribution in [0.4, 0.5) is 5.69 Å². The van der Waals surface area contributed by atoms with Crippen molar-refractivity contribution in [2.45, 2.75) is 6.42 Å². The summed E-state index contributed by atoms with van der Waals surface area (Å²) in [6.45, 7) is 1.20. The third-order valence-electron chi connectivity index (χ3n) is 3.92. The molecule has 0 aliphatic heterocycles. The van der Waals surface area contributed by atoms with Crippen molar-refractivity contribution in [3.05, 3.63) is 77.4 Å². The number of anilines is 1. The second-order valence-corrected chi connectivity index (χ2v) is 5.83. The lowest BCUT2D eigenvalue weighted by molar-refractivity contribution is -0.131. The molecule has 0 unspecified atom stereocenters. The highest BCUT2D eigenvalue weighted by atomic mass is 16.4. The summed E-state index contributed by atoms with van der Waals surface area (Å²) in [5.41, 5.74) is 3.95. The van der Waals surface area contributed by atoms with Gasteiger partial charge in [0, 0.05) is 24.9 Å². The molecule has 0 bridgehead atoms. The fraction of sp³-hybridized carbons (Fsp3) is 0.150. The quantitative estimate of drug-likeness (QED) is 0.272. The summed E-state index contributed by atoms with van der Waals surface area (Å²) in [6.07, 6.45) is 6.76. The fourth-order valence-corrected chi connectivity index (χ4v) is 2.61. The van der Waals surface area contributed by atoms with Gasteiger partial charge in [-0.05, 0) is 35.2 Å². The Morgan fingerprint density at radius 1 is 1.04 bits per heavy atom. The SMILES string of the molecule is NN=Cc1ccc(CCN(CC=CC(=O)O)c2cccc(C=NN)c2)cc1. The van der Waals surface area contributed by atoms with Crippen molar-refractivity contribution in [3.8, 4) is 0 Å². The Hall–Kier alpha value is -3.61. The van der Waals surface area contributed by atoms with Gasteiger partial charge in [-0.15, -0.1) is 0 Å². The predicted octanol–water partition coefficient (Wildman–Crippen LogP) is 1.96. The third-order valence-corrected chi connectivity index (χ3v) is 3.92. The zero-order valence-electron chi connectivity index (χ0n) is 14.9. The summed E-state index contributed by atoms with van der Waals surface area (Å²) >= 11 is 0. The van der Waals surface area contributed by atoms with Crippen molar-refractivity contribution in [3.63, 3.8) is 0 Å². The lowest BCUT2D eigenvalue weighted by atomic mass is 10.1. The van der Waals surface area contributed by atoms with Gasteiger partial charge in [-0.2, -0.15) is 10.2 Å². The van der Waals surface area contributed by atoms with E-state index < -0.39 is 5.97 Å². The first-order valence-electron chi connectivity index (χ1n) is 8.42. The van der Waals surface area contributed by atoms with E-state index >= 15 is 0 Å². The highest BCUT2D eigenvalue weighted by molar-refractivity contribution is 5.81. The van der Waals surface area contributed by atoms with Crippen LogP contribution in [0.15, 0.2) is 70.9 Å². The van der Waals surface area contributed by atoms with Gasteiger partial charge in [0.15, 0.2) is 0 Å². The number of rotatable bonds is 9. The van der Waals surface area contributed by atoms with E-state index in [1.807, 2.05) is 48.5 Å². The van der Waals surface area contributed by atoms with Gasteiger partial charge in [-0.25, -0.2) is 4.79 Å². The number of hydrogen-bond donors (Lipinski definition) is 3. The highest BCUT2D eigenvalue weighted by Gasteiger charge is 2.07. The molecule has 0 radical (unpaired) electrons. The molecule has 2 rings (SSSR count). The van der Waals surface area contributed by atoms with E-state index in [4.69, 9.17) is 16.8 Å². The van der Waals surface area contributed by atoms with Gasteiger partial charge in [-0.3, -0.25) is 0 Å². The van der Waals surface area contributed by atoms with E-state index in [1.54, 1.807) is 18.5 Å². The second kappa shape index (κ2) is 10.4. The number of aliphatic carboxylic acids is 1. The van der Waals surface area contributed by atoms with Crippen molar-refractivity contribution in [2.24, 2.45) is 21.9 Å². The standard InChI is InChI=1S/C20H23N5O2/c21-23-14-17-8-6-16(7-9-17)10-12-25(11-2-5-20(26)27)19-4-1-3-18(13-19)15-24-22/h1-9,13-15H,10-12,21-22H2,(H,26,27). The van der Waals surface area contributed by atoms with E-state index in [1.165, 1.54) is 0 Å². The number of hydrazone groups is 2. The summed E-state index contributed by atoms with van der Waals surface area (Å²) in [6, 6.07) is 15.7. The number of hydrogen-bond acceptors (Lipinski definition) is 6. The van der Waals surface area contributed by atoms with Gasteiger partial charge in [-0.1, -0.05) is 42.5 Å². The minimum atomic E-state index is -0.962. The monoisotopic (exact) mass is 365 g/mol. The topological polar surface area (TPSA) is 117 Å². The van der Waals surface area contributed by atoms with E-state index in [0.29, 0.717) is 6.54 Å². The normalized spacial score (nSPS) is 11.6. The molecule has 5 N–H and O–H groups in total. The molecule has 0 atom stereocenters. The molecule has 0 spiro atoms. The fourth-order valence-electron chi connectivity index (χ4n) is 2.61. The van der Waals surface area contributed by atoms with Crippen LogP contribution in [0.2, 0.25) is 0 Å². The molecule has 140 valence electrons. The van der Waals surface area contributed by atoms with Gasteiger partial charge in [0.25, 0.3) is 0 Å². The first-order valence-corrected chi connectivity index (χ1v) is 8.42. The van der Waals surface area contributed by atoms with E-state index in [-0.39, 0.29) is 0 Å². The summed E-state index contributed by atoms with van der Waals surface area (Å²) in [5, 5.41) is 15.9. The number of nitrogens with zero attached hydrogens (tertiary/aromatic N) is 3. The van der Waals surface area contributed by atoms with Gasteiger partial charge < -0.3 is 21.7 Å². The Labute approximate surface area is 158 Å². The summed E-state index contributed by atoms with van der Waals surface area (Å²) < 4.78 is 0. The molecule has 0 aliphatic carbocycles. The lowest BCUT2D eigenvalue weighted by Gasteiger charge is -2.24. The number of carbonyl (C=O) groups is 1. The number of nitrogens with two attached hydrogens (primary N) is 2. The molecule has 0 aliphatic rings. The van der Waals surface area contributed by atoms with Crippen LogP contribution in [0.25, 0.3) is 0 Å². The number of carboxylic acid groups (broad SMARTS) is 1. The maximum Gasteiger partial charge on any atom is 0.328 e. The van der Waals surface area contributed by atoms with Crippen LogP contribution >= 0.6 is 0 Å². The van der Waals surface area contributed by atoms with Crippen LogP contribution in [0.5, 0.6) is 0 Å². The maximum absolute atomic E-state index is 10.8. The molecule has 0 amide bonds. The number of carboxylic acids is 1. The Bertz CT molecular complexity index is 829. The van der Waals surface area contributed by atoms with Gasteiger partial charge >= 0.3 is 5.97 Å². The average molecular weight is 365 g/mol. The van der Waals surface area contributed by atoms with Crippen LogP contribution in [0.1, 0.15) is 16.7 Å². The molecule has 2 aromatic rings. The first kappa shape index (κ1) is 19.7. The molecule has 7 nitrogen and oxygen atoms in total. The maximum atomic E-state index is 10.8. The highest BCUT2D eigenvalue weighted by Crippen LogP contribution is 2.17. The van der Waals surface area contributed by atoms with Crippen LogP contribution in [0.3, 0.4) is 0 Å². The average Bonchev–Trinajstić information content (AvgIpc) is 2.66. The zero-order valence-corrected chi connectivity index (χ0v) is 14.9. The molecule has 0 saturated heterocycles. The Kier molecular flexibility index (Phi) is 7.59. The lowest BCUT2D eigenvalue weighted by Crippen LogP contribution is -2.26. The first-order chi connectivity index (χ1) is 13.1. The Morgan fingerprint density at radius 2 is 1.74 bits per heavy atom. The van der Waals surface area contributed by atoms with Crippen LogP contribution in [-0.2, 0) is 11.2 Å². The van der Waals surface area contributed by atoms with Crippen LogP contribution in [0, 0.1) is 0 Å².